The van der Waals surface area contributed by atoms with Crippen LogP contribution < -0.4 is 11.1 Å². The van der Waals surface area contributed by atoms with Gasteiger partial charge in [0.15, 0.2) is 0 Å². The smallest absolute Gasteiger partial charge is 0.328 e. The lowest BCUT2D eigenvalue weighted by atomic mass is 9.93. The van der Waals surface area contributed by atoms with Gasteiger partial charge in [0.05, 0.1) is 0 Å². The summed E-state index contributed by atoms with van der Waals surface area (Å²) in [6.45, 7) is 2.80. The van der Waals surface area contributed by atoms with Crippen LogP contribution in [-0.2, 0) is 4.79 Å². The van der Waals surface area contributed by atoms with Crippen molar-refractivity contribution in [1.82, 2.24) is 10.2 Å². The number of nitrogens with zero attached hydrogens (tertiary/aromatic N) is 1. The molecule has 100 valence electrons. The Bertz CT molecular complexity index is 392. The van der Waals surface area contributed by atoms with E-state index in [4.69, 9.17) is 10.8 Å². The highest BCUT2D eigenvalue weighted by Crippen LogP contribution is 2.13. The number of nitrogens with two attached hydrogens (primary N) is 1. The zero-order chi connectivity index (χ0) is 13.8. The number of carbonyl (C=O) groups is 2. The monoisotopic (exact) mass is 253 g/mol. The van der Waals surface area contributed by atoms with E-state index < -0.39 is 11.5 Å². The first kappa shape index (κ1) is 14.2. The zero-order valence-corrected chi connectivity index (χ0v) is 10.6. The number of hydrogen-bond donors (Lipinski definition) is 3. The summed E-state index contributed by atoms with van der Waals surface area (Å²) in [5.74, 6) is -0.979. The van der Waals surface area contributed by atoms with Gasteiger partial charge in [0.25, 0.3) is 0 Å². The van der Waals surface area contributed by atoms with Crippen LogP contribution in [0, 0.1) is 0 Å². The lowest BCUT2D eigenvalue weighted by Crippen LogP contribution is -2.46. The van der Waals surface area contributed by atoms with Crippen molar-refractivity contribution >= 4 is 12.0 Å². The second kappa shape index (κ2) is 5.68. The van der Waals surface area contributed by atoms with E-state index in [0.717, 1.165) is 6.54 Å². The molecule has 0 bridgehead atoms. The standard InChI is InChI=1S/C7H9NO2.C5H10N2O/c8-7(6(9)10)4-2-1-3-5-7;1-4-3-6-5(8)7(4)2/h1-4H,5,8H2,(H,9,10);4H,3H2,1-2H3,(H,6,8). The number of nitrogens with one attached hydrogen (secondary N) is 1. The summed E-state index contributed by atoms with van der Waals surface area (Å²) in [6.07, 6.45) is 7.05. The lowest BCUT2D eigenvalue weighted by Gasteiger charge is -2.20. The average molecular weight is 253 g/mol. The Morgan fingerprint density at radius 2 is 2.28 bits per heavy atom. The van der Waals surface area contributed by atoms with Crippen molar-refractivity contribution in [2.45, 2.75) is 24.9 Å². The van der Waals surface area contributed by atoms with Gasteiger partial charge in [-0.15, -0.1) is 0 Å². The Kier molecular flexibility index (Phi) is 4.49. The highest BCUT2D eigenvalue weighted by molar-refractivity contribution is 5.81. The van der Waals surface area contributed by atoms with E-state index in [1.165, 1.54) is 6.08 Å². The Balaban J connectivity index is 0.000000184. The molecule has 2 rings (SSSR count). The molecule has 4 N–H and O–H groups in total. The molecule has 6 heteroatoms. The topological polar surface area (TPSA) is 95.7 Å². The van der Waals surface area contributed by atoms with Crippen LogP contribution in [0.5, 0.6) is 0 Å². The molecule has 1 aliphatic carbocycles. The number of aliphatic carboxylic acids is 1. The number of urea groups is 1. The molecule has 2 unspecified atom stereocenters. The Morgan fingerprint density at radius 1 is 1.61 bits per heavy atom. The molecule has 2 atom stereocenters. The summed E-state index contributed by atoms with van der Waals surface area (Å²) >= 11 is 0. The molecule has 2 amide bonds. The van der Waals surface area contributed by atoms with Gasteiger partial charge < -0.3 is 21.1 Å². The van der Waals surface area contributed by atoms with Crippen LogP contribution in [-0.4, -0.2) is 47.2 Å². The van der Waals surface area contributed by atoms with Crippen molar-refractivity contribution < 1.29 is 14.7 Å². The lowest BCUT2D eigenvalue weighted by molar-refractivity contribution is -0.141. The van der Waals surface area contributed by atoms with E-state index >= 15 is 0 Å². The van der Waals surface area contributed by atoms with Crippen molar-refractivity contribution in [3.05, 3.63) is 24.3 Å². The number of carbonyl (C=O) groups excluding carboxylic acids is 1. The largest absolute Gasteiger partial charge is 0.480 e. The van der Waals surface area contributed by atoms with Gasteiger partial charge >= 0.3 is 12.0 Å². The van der Waals surface area contributed by atoms with Crippen LogP contribution in [0.25, 0.3) is 0 Å². The molecular formula is C12H19N3O3. The van der Waals surface area contributed by atoms with Gasteiger partial charge in [-0.05, 0) is 13.3 Å². The normalized spacial score (nSPS) is 29.6. The fourth-order valence-electron chi connectivity index (χ4n) is 1.49. The maximum atomic E-state index is 10.6. The molecule has 1 heterocycles. The summed E-state index contributed by atoms with van der Waals surface area (Å²) in [5, 5.41) is 11.3. The van der Waals surface area contributed by atoms with Crippen LogP contribution in [0.2, 0.25) is 0 Å². The minimum Gasteiger partial charge on any atom is -0.480 e. The fraction of sp³-hybridized carbons (Fsp3) is 0.500. The van der Waals surface area contributed by atoms with Crippen molar-refractivity contribution in [1.29, 1.82) is 0 Å². The zero-order valence-electron chi connectivity index (χ0n) is 10.6. The third-order valence-corrected chi connectivity index (χ3v) is 3.02. The predicted molar refractivity (Wildman–Crippen MR) is 68.1 cm³/mol. The highest BCUT2D eigenvalue weighted by atomic mass is 16.4. The predicted octanol–water partition coefficient (Wildman–Crippen LogP) is 0.315. The molecule has 0 spiro atoms. The number of rotatable bonds is 1. The van der Waals surface area contributed by atoms with Gasteiger partial charge in [0, 0.05) is 19.6 Å². The molecular weight excluding hydrogens is 234 g/mol. The molecule has 0 aromatic carbocycles. The second-order valence-corrected chi connectivity index (χ2v) is 4.48. The first-order valence-corrected chi connectivity index (χ1v) is 5.74. The van der Waals surface area contributed by atoms with E-state index in [9.17, 15) is 9.59 Å². The molecule has 0 radical (unpaired) electrons. The molecule has 2 aliphatic rings. The SMILES string of the molecule is CC1CNC(=O)N1C.NC1(C(=O)O)C=CC=CC1. The van der Waals surface area contributed by atoms with Crippen LogP contribution in [0.4, 0.5) is 4.79 Å². The number of allylic oxidation sites excluding steroid dienone is 2. The first-order chi connectivity index (χ1) is 8.37. The van der Waals surface area contributed by atoms with E-state index in [1.54, 1.807) is 30.2 Å². The van der Waals surface area contributed by atoms with E-state index in [-0.39, 0.29) is 6.03 Å². The van der Waals surface area contributed by atoms with Crippen molar-refractivity contribution in [2.24, 2.45) is 5.73 Å². The van der Waals surface area contributed by atoms with E-state index in [0.29, 0.717) is 12.5 Å². The molecule has 0 aromatic heterocycles. The molecule has 0 saturated carbocycles. The minimum atomic E-state index is -1.17. The Labute approximate surface area is 106 Å². The molecule has 18 heavy (non-hydrogen) atoms. The maximum Gasteiger partial charge on any atom is 0.328 e. The van der Waals surface area contributed by atoms with Crippen LogP contribution in [0.15, 0.2) is 24.3 Å². The third kappa shape index (κ3) is 3.33. The molecule has 1 fully saturated rings. The van der Waals surface area contributed by atoms with E-state index in [1.807, 2.05) is 6.92 Å². The Morgan fingerprint density at radius 3 is 2.50 bits per heavy atom. The van der Waals surface area contributed by atoms with Gasteiger partial charge in [0.2, 0.25) is 0 Å². The molecule has 0 aromatic rings. The third-order valence-electron chi connectivity index (χ3n) is 3.02. The molecule has 6 nitrogen and oxygen atoms in total. The van der Waals surface area contributed by atoms with Gasteiger partial charge in [-0.3, -0.25) is 0 Å². The summed E-state index contributed by atoms with van der Waals surface area (Å²) in [6, 6.07) is 0.403. The van der Waals surface area contributed by atoms with Crippen molar-refractivity contribution in [2.75, 3.05) is 13.6 Å². The summed E-state index contributed by atoms with van der Waals surface area (Å²) < 4.78 is 0. The minimum absolute atomic E-state index is 0.0394. The average Bonchev–Trinajstić information content (AvgIpc) is 2.62. The first-order valence-electron chi connectivity index (χ1n) is 5.74. The summed E-state index contributed by atoms with van der Waals surface area (Å²) in [5.41, 5.74) is 4.29. The number of amides is 2. The number of hydrogen-bond acceptors (Lipinski definition) is 3. The fourth-order valence-corrected chi connectivity index (χ4v) is 1.49. The van der Waals surface area contributed by atoms with Gasteiger partial charge in [-0.2, -0.15) is 0 Å². The van der Waals surface area contributed by atoms with E-state index in [2.05, 4.69) is 5.32 Å². The van der Waals surface area contributed by atoms with Crippen molar-refractivity contribution in [3.63, 3.8) is 0 Å². The molecule has 1 saturated heterocycles. The number of likely N-dealkylation sites (N-methyl/N-ethyl adjacent to an activating group) is 1. The second-order valence-electron chi connectivity index (χ2n) is 4.48. The Hall–Kier alpha value is -1.82. The maximum absolute atomic E-state index is 10.6. The van der Waals surface area contributed by atoms with Crippen LogP contribution in [0.3, 0.4) is 0 Å². The molecule has 1 aliphatic heterocycles. The quantitative estimate of drug-likeness (QED) is 0.627. The van der Waals surface area contributed by atoms with Gasteiger partial charge in [0.1, 0.15) is 5.54 Å². The van der Waals surface area contributed by atoms with Crippen molar-refractivity contribution in [3.8, 4) is 0 Å². The summed E-state index contributed by atoms with van der Waals surface area (Å²) in [4.78, 5) is 22.8. The van der Waals surface area contributed by atoms with Crippen LogP contribution in [0.1, 0.15) is 13.3 Å². The number of carboxylic acid groups (broad SMARTS) is 1. The van der Waals surface area contributed by atoms with Crippen LogP contribution >= 0.6 is 0 Å². The van der Waals surface area contributed by atoms with Gasteiger partial charge in [-0.1, -0.05) is 24.3 Å². The number of carboxylic acids is 1. The highest BCUT2D eigenvalue weighted by Gasteiger charge is 2.30. The van der Waals surface area contributed by atoms with Gasteiger partial charge in [-0.25, -0.2) is 9.59 Å². The summed E-state index contributed by atoms with van der Waals surface area (Å²) in [7, 11) is 1.80.